The third kappa shape index (κ3) is 3.99. The fraction of sp³-hybridized carbons (Fsp3) is 0.417. The van der Waals surface area contributed by atoms with E-state index >= 15 is 0 Å². The second-order valence-electron chi connectivity index (χ2n) is 3.34. The molecular weight excluding hydrogens is 276 g/mol. The van der Waals surface area contributed by atoms with Gasteiger partial charge in [0.05, 0.1) is 24.3 Å². The zero-order chi connectivity index (χ0) is 13.5. The molecule has 0 heterocycles. The minimum absolute atomic E-state index is 0.0760. The average Bonchev–Trinajstić information content (AvgIpc) is 2.35. The van der Waals surface area contributed by atoms with E-state index in [9.17, 15) is 4.79 Å². The molecular formula is C12H15ClO4S. The molecule has 0 aromatic heterocycles. The van der Waals surface area contributed by atoms with Gasteiger partial charge in [0.2, 0.25) is 0 Å². The highest BCUT2D eigenvalue weighted by atomic mass is 35.5. The molecule has 18 heavy (non-hydrogen) atoms. The standard InChI is InChI=1S/C12H15ClO4S/c1-3-18-5-4-17-11-9(13)6-8(12(14)15)7-10(11)16-2/h6-7H,3-5H2,1-2H3,(H,14,15). The molecule has 0 amide bonds. The smallest absolute Gasteiger partial charge is 0.335 e. The summed E-state index contributed by atoms with van der Waals surface area (Å²) in [6.45, 7) is 2.57. The monoisotopic (exact) mass is 290 g/mol. The highest BCUT2D eigenvalue weighted by molar-refractivity contribution is 7.99. The molecule has 4 nitrogen and oxygen atoms in total. The predicted molar refractivity (Wildman–Crippen MR) is 73.5 cm³/mol. The van der Waals surface area contributed by atoms with E-state index in [0.29, 0.717) is 18.1 Å². The molecule has 1 aromatic carbocycles. The van der Waals surface area contributed by atoms with Gasteiger partial charge in [-0.1, -0.05) is 18.5 Å². The molecule has 1 rings (SSSR count). The number of rotatable bonds is 7. The van der Waals surface area contributed by atoms with E-state index in [1.54, 1.807) is 11.8 Å². The summed E-state index contributed by atoms with van der Waals surface area (Å²) in [5.41, 5.74) is 0.0760. The van der Waals surface area contributed by atoms with Gasteiger partial charge in [-0.25, -0.2) is 4.79 Å². The Morgan fingerprint density at radius 2 is 2.22 bits per heavy atom. The van der Waals surface area contributed by atoms with Gasteiger partial charge < -0.3 is 14.6 Å². The average molecular weight is 291 g/mol. The number of aromatic carboxylic acids is 1. The Bertz CT molecular complexity index is 423. The predicted octanol–water partition coefficient (Wildman–Crippen LogP) is 3.18. The summed E-state index contributed by atoms with van der Waals surface area (Å²) >= 11 is 7.75. The van der Waals surface area contributed by atoms with Crippen molar-refractivity contribution in [1.82, 2.24) is 0 Å². The highest BCUT2D eigenvalue weighted by Gasteiger charge is 2.15. The zero-order valence-corrected chi connectivity index (χ0v) is 11.8. The third-order valence-electron chi connectivity index (χ3n) is 2.15. The molecule has 0 radical (unpaired) electrons. The summed E-state index contributed by atoms with van der Waals surface area (Å²) in [5, 5.41) is 9.15. The molecule has 0 spiro atoms. The van der Waals surface area contributed by atoms with E-state index in [1.807, 2.05) is 0 Å². The molecule has 1 N–H and O–H groups in total. The number of benzene rings is 1. The fourth-order valence-corrected chi connectivity index (χ4v) is 2.09. The molecule has 0 aliphatic rings. The van der Waals surface area contributed by atoms with Crippen LogP contribution in [0.4, 0.5) is 0 Å². The van der Waals surface area contributed by atoms with Gasteiger partial charge in [-0.05, 0) is 17.9 Å². The number of ether oxygens (including phenoxy) is 2. The van der Waals surface area contributed by atoms with Crippen LogP contribution >= 0.6 is 23.4 Å². The number of thioether (sulfide) groups is 1. The van der Waals surface area contributed by atoms with Gasteiger partial charge in [-0.3, -0.25) is 0 Å². The van der Waals surface area contributed by atoms with Gasteiger partial charge in [0.1, 0.15) is 0 Å². The lowest BCUT2D eigenvalue weighted by Crippen LogP contribution is -2.04. The normalized spacial score (nSPS) is 10.2. The summed E-state index contributed by atoms with van der Waals surface area (Å²) in [5.74, 6) is 1.54. The molecule has 0 saturated carbocycles. The van der Waals surface area contributed by atoms with E-state index in [4.69, 9.17) is 26.2 Å². The fourth-order valence-electron chi connectivity index (χ4n) is 1.33. The van der Waals surface area contributed by atoms with E-state index in [1.165, 1.54) is 19.2 Å². The first-order valence-electron chi connectivity index (χ1n) is 5.41. The first-order valence-corrected chi connectivity index (χ1v) is 6.94. The van der Waals surface area contributed by atoms with E-state index in [-0.39, 0.29) is 10.6 Å². The topological polar surface area (TPSA) is 55.8 Å². The molecule has 1 aromatic rings. The summed E-state index contributed by atoms with van der Waals surface area (Å²) in [7, 11) is 1.45. The van der Waals surface area contributed by atoms with Crippen molar-refractivity contribution in [2.75, 3.05) is 25.2 Å². The van der Waals surface area contributed by atoms with Crippen molar-refractivity contribution in [3.05, 3.63) is 22.7 Å². The van der Waals surface area contributed by atoms with Gasteiger partial charge in [-0.2, -0.15) is 11.8 Å². The third-order valence-corrected chi connectivity index (χ3v) is 3.30. The van der Waals surface area contributed by atoms with Gasteiger partial charge in [0, 0.05) is 5.75 Å². The molecule has 0 unspecified atom stereocenters. The van der Waals surface area contributed by atoms with Crippen LogP contribution in [0.5, 0.6) is 11.5 Å². The first kappa shape index (κ1) is 15.0. The number of carbonyl (C=O) groups is 1. The molecule has 100 valence electrons. The number of carboxylic acids is 1. The van der Waals surface area contributed by atoms with Crippen LogP contribution in [0.1, 0.15) is 17.3 Å². The lowest BCUT2D eigenvalue weighted by molar-refractivity contribution is 0.0696. The number of carboxylic acid groups (broad SMARTS) is 1. The number of halogens is 1. The SMILES string of the molecule is CCSCCOc1c(Cl)cc(C(=O)O)cc1OC. The van der Waals surface area contributed by atoms with Crippen molar-refractivity contribution >= 4 is 29.3 Å². The molecule has 0 aliphatic carbocycles. The molecule has 0 fully saturated rings. The second kappa shape index (κ2) is 7.38. The van der Waals surface area contributed by atoms with Crippen molar-refractivity contribution in [1.29, 1.82) is 0 Å². The Balaban J connectivity index is 2.86. The van der Waals surface area contributed by atoms with Crippen LogP contribution in [0.15, 0.2) is 12.1 Å². The maximum atomic E-state index is 10.9. The van der Waals surface area contributed by atoms with Crippen LogP contribution in [0, 0.1) is 0 Å². The summed E-state index contributed by atoms with van der Waals surface area (Å²) < 4.78 is 10.6. The van der Waals surface area contributed by atoms with Crippen molar-refractivity contribution in [2.24, 2.45) is 0 Å². The van der Waals surface area contributed by atoms with Crippen LogP contribution in [-0.2, 0) is 0 Å². The minimum Gasteiger partial charge on any atom is -0.493 e. The van der Waals surface area contributed by atoms with Crippen molar-refractivity contribution in [2.45, 2.75) is 6.92 Å². The van der Waals surface area contributed by atoms with Crippen LogP contribution in [0.25, 0.3) is 0 Å². The number of hydrogen-bond acceptors (Lipinski definition) is 4. The van der Waals surface area contributed by atoms with Crippen LogP contribution in [-0.4, -0.2) is 36.3 Å². The summed E-state index contributed by atoms with van der Waals surface area (Å²) in [4.78, 5) is 10.9. The summed E-state index contributed by atoms with van der Waals surface area (Å²) in [6, 6.07) is 2.76. The van der Waals surface area contributed by atoms with Crippen molar-refractivity contribution in [3.8, 4) is 11.5 Å². The van der Waals surface area contributed by atoms with E-state index in [2.05, 4.69) is 6.92 Å². The first-order chi connectivity index (χ1) is 8.60. The van der Waals surface area contributed by atoms with Gasteiger partial charge >= 0.3 is 5.97 Å². The van der Waals surface area contributed by atoms with Crippen LogP contribution in [0.2, 0.25) is 5.02 Å². The molecule has 6 heteroatoms. The van der Waals surface area contributed by atoms with Gasteiger partial charge in [-0.15, -0.1) is 0 Å². The summed E-state index contributed by atoms with van der Waals surface area (Å²) in [6.07, 6.45) is 0. The quantitative estimate of drug-likeness (QED) is 0.782. The Morgan fingerprint density at radius 1 is 1.50 bits per heavy atom. The Labute approximate surface area is 115 Å². The Hall–Kier alpha value is -1.07. The lowest BCUT2D eigenvalue weighted by atomic mass is 10.2. The Kier molecular flexibility index (Phi) is 6.15. The highest BCUT2D eigenvalue weighted by Crippen LogP contribution is 2.36. The van der Waals surface area contributed by atoms with Crippen LogP contribution < -0.4 is 9.47 Å². The van der Waals surface area contributed by atoms with E-state index in [0.717, 1.165) is 11.5 Å². The zero-order valence-electron chi connectivity index (χ0n) is 10.2. The minimum atomic E-state index is -1.05. The van der Waals surface area contributed by atoms with Gasteiger partial charge in [0.25, 0.3) is 0 Å². The maximum absolute atomic E-state index is 10.9. The van der Waals surface area contributed by atoms with Gasteiger partial charge in [0.15, 0.2) is 11.5 Å². The second-order valence-corrected chi connectivity index (χ2v) is 5.14. The van der Waals surface area contributed by atoms with Crippen molar-refractivity contribution in [3.63, 3.8) is 0 Å². The van der Waals surface area contributed by atoms with E-state index < -0.39 is 5.97 Å². The molecule has 0 aliphatic heterocycles. The molecule has 0 saturated heterocycles. The lowest BCUT2D eigenvalue weighted by Gasteiger charge is -2.12. The molecule has 0 bridgehead atoms. The largest absolute Gasteiger partial charge is 0.493 e. The van der Waals surface area contributed by atoms with Crippen molar-refractivity contribution < 1.29 is 19.4 Å². The Morgan fingerprint density at radius 3 is 2.78 bits per heavy atom. The number of hydrogen-bond donors (Lipinski definition) is 1. The maximum Gasteiger partial charge on any atom is 0.335 e. The molecule has 0 atom stereocenters. The van der Waals surface area contributed by atoms with Crippen LogP contribution in [0.3, 0.4) is 0 Å². The number of methoxy groups -OCH3 is 1.